The second kappa shape index (κ2) is 5.51. The lowest BCUT2D eigenvalue weighted by Crippen LogP contribution is -2.35. The van der Waals surface area contributed by atoms with Crippen LogP contribution < -0.4 is 5.32 Å². The standard InChI is InChI=1S/C17H22N2O2/c1-11-3-6-13(7-4-11)18-10-19-16(20)14-8-5-12(2)9-15(14)17(19)21/h3-4,6-7,12,14-15,18H,5,8-10H2,1-2H3/t12-,14-,15+/m0/s1. The number of amides is 2. The van der Waals surface area contributed by atoms with Gasteiger partial charge in [-0.15, -0.1) is 0 Å². The molecule has 3 atom stereocenters. The second-order valence-electron chi connectivity index (χ2n) is 6.44. The topological polar surface area (TPSA) is 49.4 Å². The predicted molar refractivity (Wildman–Crippen MR) is 81.5 cm³/mol. The Hall–Kier alpha value is -1.84. The number of hydrogen-bond acceptors (Lipinski definition) is 3. The van der Waals surface area contributed by atoms with Crippen molar-refractivity contribution in [2.45, 2.75) is 33.1 Å². The maximum atomic E-state index is 12.4. The highest BCUT2D eigenvalue weighted by Crippen LogP contribution is 2.40. The van der Waals surface area contributed by atoms with E-state index in [1.54, 1.807) is 0 Å². The molecule has 0 unspecified atom stereocenters. The van der Waals surface area contributed by atoms with Crippen LogP contribution in [0.4, 0.5) is 5.69 Å². The van der Waals surface area contributed by atoms with Gasteiger partial charge in [-0.1, -0.05) is 24.6 Å². The van der Waals surface area contributed by atoms with Gasteiger partial charge < -0.3 is 5.32 Å². The van der Waals surface area contributed by atoms with Gasteiger partial charge in [0.2, 0.25) is 11.8 Å². The number of anilines is 1. The highest BCUT2D eigenvalue weighted by atomic mass is 16.2. The summed E-state index contributed by atoms with van der Waals surface area (Å²) in [7, 11) is 0. The molecule has 1 saturated heterocycles. The first-order valence-electron chi connectivity index (χ1n) is 7.72. The summed E-state index contributed by atoms with van der Waals surface area (Å²) >= 11 is 0. The van der Waals surface area contributed by atoms with Crippen LogP contribution in [0.2, 0.25) is 0 Å². The minimum absolute atomic E-state index is 0.0103. The van der Waals surface area contributed by atoms with Crippen molar-refractivity contribution in [2.24, 2.45) is 17.8 Å². The number of carbonyl (C=O) groups is 2. The van der Waals surface area contributed by atoms with E-state index >= 15 is 0 Å². The third-order valence-electron chi connectivity index (χ3n) is 4.77. The molecule has 0 radical (unpaired) electrons. The quantitative estimate of drug-likeness (QED) is 0.869. The number of rotatable bonds is 3. The molecule has 1 aliphatic carbocycles. The Morgan fingerprint density at radius 1 is 1.10 bits per heavy atom. The van der Waals surface area contributed by atoms with Gasteiger partial charge in [0.25, 0.3) is 0 Å². The van der Waals surface area contributed by atoms with Crippen LogP contribution in [0.3, 0.4) is 0 Å². The highest BCUT2D eigenvalue weighted by Gasteiger charge is 2.49. The molecule has 4 nitrogen and oxygen atoms in total. The Bertz CT molecular complexity index is 552. The number of carbonyl (C=O) groups excluding carboxylic acids is 2. The molecule has 0 bridgehead atoms. The first-order chi connectivity index (χ1) is 10.1. The summed E-state index contributed by atoms with van der Waals surface area (Å²) in [6.45, 7) is 4.48. The predicted octanol–water partition coefficient (Wildman–Crippen LogP) is 2.79. The average Bonchev–Trinajstić information content (AvgIpc) is 2.70. The molecule has 1 aliphatic heterocycles. The Labute approximate surface area is 125 Å². The molecule has 0 spiro atoms. The van der Waals surface area contributed by atoms with E-state index in [9.17, 15) is 9.59 Å². The fraction of sp³-hybridized carbons (Fsp3) is 0.529. The van der Waals surface area contributed by atoms with E-state index in [1.165, 1.54) is 10.5 Å². The van der Waals surface area contributed by atoms with E-state index < -0.39 is 0 Å². The molecule has 1 N–H and O–H groups in total. The van der Waals surface area contributed by atoms with Gasteiger partial charge in [0.15, 0.2) is 0 Å². The number of aryl methyl sites for hydroxylation is 1. The zero-order valence-electron chi connectivity index (χ0n) is 12.6. The van der Waals surface area contributed by atoms with Gasteiger partial charge in [-0.3, -0.25) is 14.5 Å². The maximum absolute atomic E-state index is 12.4. The van der Waals surface area contributed by atoms with Crippen molar-refractivity contribution in [2.75, 3.05) is 12.0 Å². The lowest BCUT2D eigenvalue weighted by Gasteiger charge is -2.25. The third-order valence-corrected chi connectivity index (χ3v) is 4.77. The monoisotopic (exact) mass is 286 g/mol. The van der Waals surface area contributed by atoms with Gasteiger partial charge in [0.05, 0.1) is 18.5 Å². The van der Waals surface area contributed by atoms with Gasteiger partial charge in [0, 0.05) is 5.69 Å². The molecule has 2 fully saturated rings. The van der Waals surface area contributed by atoms with E-state index in [0.717, 1.165) is 24.9 Å². The second-order valence-corrected chi connectivity index (χ2v) is 6.44. The van der Waals surface area contributed by atoms with E-state index in [2.05, 4.69) is 12.2 Å². The molecule has 1 heterocycles. The molecule has 1 saturated carbocycles. The van der Waals surface area contributed by atoms with Crippen LogP contribution in [0, 0.1) is 24.7 Å². The zero-order valence-corrected chi connectivity index (χ0v) is 12.6. The van der Waals surface area contributed by atoms with Crippen molar-refractivity contribution in [3.63, 3.8) is 0 Å². The number of nitrogens with zero attached hydrogens (tertiary/aromatic N) is 1. The summed E-state index contributed by atoms with van der Waals surface area (Å²) in [6, 6.07) is 7.96. The number of likely N-dealkylation sites (tertiary alicyclic amines) is 1. The molecular weight excluding hydrogens is 264 g/mol. The van der Waals surface area contributed by atoms with Crippen LogP contribution >= 0.6 is 0 Å². The van der Waals surface area contributed by atoms with Crippen LogP contribution in [0.25, 0.3) is 0 Å². The van der Waals surface area contributed by atoms with Crippen molar-refractivity contribution in [3.05, 3.63) is 29.8 Å². The summed E-state index contributed by atoms with van der Waals surface area (Å²) in [5.41, 5.74) is 2.12. The van der Waals surface area contributed by atoms with Crippen LogP contribution in [-0.4, -0.2) is 23.4 Å². The van der Waals surface area contributed by atoms with Crippen molar-refractivity contribution >= 4 is 17.5 Å². The van der Waals surface area contributed by atoms with Crippen LogP contribution in [-0.2, 0) is 9.59 Å². The first-order valence-corrected chi connectivity index (χ1v) is 7.72. The molecule has 112 valence electrons. The molecule has 1 aromatic rings. The Balaban J connectivity index is 1.67. The van der Waals surface area contributed by atoms with Gasteiger partial charge >= 0.3 is 0 Å². The molecule has 2 amide bonds. The van der Waals surface area contributed by atoms with E-state index in [-0.39, 0.29) is 30.3 Å². The summed E-state index contributed by atoms with van der Waals surface area (Å²) in [4.78, 5) is 26.2. The van der Waals surface area contributed by atoms with Gasteiger partial charge in [-0.05, 0) is 44.2 Å². The summed E-state index contributed by atoms with van der Waals surface area (Å²) in [5.74, 6) is 0.412. The number of benzene rings is 1. The lowest BCUT2D eigenvalue weighted by molar-refractivity contribution is -0.139. The van der Waals surface area contributed by atoms with E-state index in [4.69, 9.17) is 0 Å². The van der Waals surface area contributed by atoms with Crippen molar-refractivity contribution in [3.8, 4) is 0 Å². The summed E-state index contributed by atoms with van der Waals surface area (Å²) < 4.78 is 0. The SMILES string of the molecule is Cc1ccc(NCN2C(=O)[C@H]3CC[C@H](C)C[C@H]3C2=O)cc1. The molecule has 21 heavy (non-hydrogen) atoms. The van der Waals surface area contributed by atoms with Gasteiger partial charge in [-0.2, -0.15) is 0 Å². The van der Waals surface area contributed by atoms with Crippen LogP contribution in [0.1, 0.15) is 31.7 Å². The van der Waals surface area contributed by atoms with Crippen molar-refractivity contribution < 1.29 is 9.59 Å². The average molecular weight is 286 g/mol. The maximum Gasteiger partial charge on any atom is 0.234 e. The normalized spacial score (nSPS) is 28.7. The number of fused-ring (bicyclic) bond motifs is 1. The minimum Gasteiger partial charge on any atom is -0.367 e. The Morgan fingerprint density at radius 2 is 1.76 bits per heavy atom. The number of nitrogens with one attached hydrogen (secondary N) is 1. The molecule has 3 rings (SSSR count). The van der Waals surface area contributed by atoms with E-state index in [0.29, 0.717) is 5.92 Å². The number of hydrogen-bond donors (Lipinski definition) is 1. The smallest absolute Gasteiger partial charge is 0.234 e. The first kappa shape index (κ1) is 14.1. The van der Waals surface area contributed by atoms with Crippen LogP contribution in [0.5, 0.6) is 0 Å². The molecule has 4 heteroatoms. The molecule has 1 aromatic carbocycles. The van der Waals surface area contributed by atoms with Crippen molar-refractivity contribution in [1.82, 2.24) is 4.90 Å². The van der Waals surface area contributed by atoms with E-state index in [1.807, 2.05) is 31.2 Å². The van der Waals surface area contributed by atoms with Gasteiger partial charge in [0.1, 0.15) is 0 Å². The third kappa shape index (κ3) is 2.67. The Kier molecular flexibility index (Phi) is 3.70. The summed E-state index contributed by atoms with van der Waals surface area (Å²) in [6.07, 6.45) is 2.77. The largest absolute Gasteiger partial charge is 0.367 e. The Morgan fingerprint density at radius 3 is 2.48 bits per heavy atom. The fourth-order valence-electron chi connectivity index (χ4n) is 3.46. The molecule has 0 aromatic heterocycles. The molecular formula is C17H22N2O2. The van der Waals surface area contributed by atoms with Crippen molar-refractivity contribution in [1.29, 1.82) is 0 Å². The van der Waals surface area contributed by atoms with Crippen LogP contribution in [0.15, 0.2) is 24.3 Å². The lowest BCUT2D eigenvalue weighted by atomic mass is 9.76. The van der Waals surface area contributed by atoms with Gasteiger partial charge in [-0.25, -0.2) is 0 Å². The minimum atomic E-state index is -0.0823. The molecule has 2 aliphatic rings. The fourth-order valence-corrected chi connectivity index (χ4v) is 3.46. The zero-order chi connectivity index (χ0) is 15.0. The summed E-state index contributed by atoms with van der Waals surface area (Å²) in [5, 5.41) is 3.18. The highest BCUT2D eigenvalue weighted by molar-refractivity contribution is 6.05. The number of imide groups is 1.